The van der Waals surface area contributed by atoms with Crippen LogP contribution in [-0.4, -0.2) is 15.0 Å². The Balaban J connectivity index is 2.34. The van der Waals surface area contributed by atoms with Gasteiger partial charge in [-0.3, -0.25) is 10.8 Å². The second kappa shape index (κ2) is 4.59. The number of nitrogens with zero attached hydrogens (tertiary/aromatic N) is 3. The molecule has 2 aromatic heterocycles. The summed E-state index contributed by atoms with van der Waals surface area (Å²) in [7, 11) is 0. The smallest absolute Gasteiger partial charge is 0.150 e. The van der Waals surface area contributed by atoms with Crippen LogP contribution in [0.15, 0.2) is 43.0 Å². The van der Waals surface area contributed by atoms with Crippen LogP contribution in [0.3, 0.4) is 0 Å². The fourth-order valence-electron chi connectivity index (χ4n) is 1.33. The first-order chi connectivity index (χ1) is 7.42. The van der Waals surface area contributed by atoms with Gasteiger partial charge in [0.2, 0.25) is 0 Å². The molecule has 2 heterocycles. The summed E-state index contributed by atoms with van der Waals surface area (Å²) in [6.45, 7) is 0. The van der Waals surface area contributed by atoms with Gasteiger partial charge in [-0.1, -0.05) is 6.07 Å². The van der Waals surface area contributed by atoms with Crippen molar-refractivity contribution in [2.24, 2.45) is 5.84 Å². The summed E-state index contributed by atoms with van der Waals surface area (Å²) in [5, 5.41) is 0. The Bertz CT molecular complexity index is 363. The van der Waals surface area contributed by atoms with Gasteiger partial charge in [-0.05, 0) is 17.7 Å². The monoisotopic (exact) mass is 201 g/mol. The Labute approximate surface area is 87.4 Å². The second-order valence-electron chi connectivity index (χ2n) is 2.99. The summed E-state index contributed by atoms with van der Waals surface area (Å²) in [6, 6.07) is 5.32. The third-order valence-electron chi connectivity index (χ3n) is 2.03. The van der Waals surface area contributed by atoms with Crippen LogP contribution in [0.2, 0.25) is 0 Å². The molecule has 0 amide bonds. The Hall–Kier alpha value is -1.85. The van der Waals surface area contributed by atoms with Gasteiger partial charge in [-0.2, -0.15) is 0 Å². The summed E-state index contributed by atoms with van der Waals surface area (Å²) in [5.74, 6) is 6.11. The molecule has 0 aliphatic rings. The van der Waals surface area contributed by atoms with Crippen molar-refractivity contribution in [2.75, 3.05) is 0 Å². The van der Waals surface area contributed by atoms with E-state index in [-0.39, 0.29) is 6.04 Å². The molecule has 1 unspecified atom stereocenters. The molecule has 3 N–H and O–H groups in total. The Morgan fingerprint density at radius 1 is 1.13 bits per heavy atom. The molecule has 1 atom stereocenters. The molecule has 0 aromatic carbocycles. The van der Waals surface area contributed by atoms with Gasteiger partial charge < -0.3 is 0 Å². The van der Waals surface area contributed by atoms with E-state index in [0.717, 1.165) is 5.56 Å². The van der Waals surface area contributed by atoms with Crippen molar-refractivity contribution in [3.63, 3.8) is 0 Å². The predicted molar refractivity (Wildman–Crippen MR) is 55.4 cm³/mol. The number of aromatic nitrogens is 3. The lowest BCUT2D eigenvalue weighted by atomic mass is 10.1. The first kappa shape index (κ1) is 9.70. The molecule has 76 valence electrons. The minimum Gasteiger partial charge on any atom is -0.270 e. The van der Waals surface area contributed by atoms with Gasteiger partial charge in [0.25, 0.3) is 0 Å². The maximum atomic E-state index is 5.48. The standard InChI is InChI=1S/C10H11N5/c11-15-9(8-3-1-4-12-7-8)10-13-5-2-6-14-10/h1-7,9,15H,11H2. The van der Waals surface area contributed by atoms with Crippen LogP contribution in [0, 0.1) is 0 Å². The minimum absolute atomic E-state index is 0.222. The number of pyridine rings is 1. The van der Waals surface area contributed by atoms with Gasteiger partial charge in [-0.15, -0.1) is 0 Å². The van der Waals surface area contributed by atoms with E-state index in [1.54, 1.807) is 30.9 Å². The van der Waals surface area contributed by atoms with Gasteiger partial charge in [0.1, 0.15) is 6.04 Å². The molecule has 15 heavy (non-hydrogen) atoms. The summed E-state index contributed by atoms with van der Waals surface area (Å²) in [5.41, 5.74) is 3.61. The van der Waals surface area contributed by atoms with Crippen molar-refractivity contribution >= 4 is 0 Å². The molecule has 0 aliphatic heterocycles. The van der Waals surface area contributed by atoms with Crippen molar-refractivity contribution in [2.45, 2.75) is 6.04 Å². The molecular weight excluding hydrogens is 190 g/mol. The van der Waals surface area contributed by atoms with Crippen LogP contribution >= 0.6 is 0 Å². The number of nitrogens with one attached hydrogen (secondary N) is 1. The topological polar surface area (TPSA) is 76.7 Å². The normalized spacial score (nSPS) is 12.3. The van der Waals surface area contributed by atoms with E-state index < -0.39 is 0 Å². The summed E-state index contributed by atoms with van der Waals surface area (Å²) >= 11 is 0. The third-order valence-corrected chi connectivity index (χ3v) is 2.03. The lowest BCUT2D eigenvalue weighted by Gasteiger charge is -2.13. The van der Waals surface area contributed by atoms with E-state index in [1.807, 2.05) is 12.1 Å². The van der Waals surface area contributed by atoms with E-state index in [0.29, 0.717) is 5.82 Å². The Morgan fingerprint density at radius 2 is 1.93 bits per heavy atom. The van der Waals surface area contributed by atoms with Crippen molar-refractivity contribution in [3.8, 4) is 0 Å². The quantitative estimate of drug-likeness (QED) is 0.556. The molecule has 0 bridgehead atoms. The number of nitrogens with two attached hydrogens (primary N) is 1. The van der Waals surface area contributed by atoms with Gasteiger partial charge >= 0.3 is 0 Å². The molecule has 0 radical (unpaired) electrons. The lowest BCUT2D eigenvalue weighted by Crippen LogP contribution is -2.30. The van der Waals surface area contributed by atoms with E-state index in [4.69, 9.17) is 5.84 Å². The summed E-state index contributed by atoms with van der Waals surface area (Å²) in [4.78, 5) is 12.3. The van der Waals surface area contributed by atoms with Crippen molar-refractivity contribution in [1.82, 2.24) is 20.4 Å². The molecule has 5 nitrogen and oxygen atoms in total. The first-order valence-corrected chi connectivity index (χ1v) is 4.55. The molecule has 0 aliphatic carbocycles. The van der Waals surface area contributed by atoms with Crippen LogP contribution in [0.4, 0.5) is 0 Å². The molecule has 0 spiro atoms. The number of rotatable bonds is 3. The van der Waals surface area contributed by atoms with Gasteiger partial charge in [-0.25, -0.2) is 15.4 Å². The van der Waals surface area contributed by atoms with Gasteiger partial charge in [0, 0.05) is 24.8 Å². The highest BCUT2D eigenvalue weighted by molar-refractivity contribution is 5.20. The van der Waals surface area contributed by atoms with E-state index in [2.05, 4.69) is 20.4 Å². The number of hydrogen-bond donors (Lipinski definition) is 2. The zero-order chi connectivity index (χ0) is 10.5. The van der Waals surface area contributed by atoms with Gasteiger partial charge in [0.05, 0.1) is 0 Å². The summed E-state index contributed by atoms with van der Waals surface area (Å²) < 4.78 is 0. The molecular formula is C10H11N5. The van der Waals surface area contributed by atoms with Crippen LogP contribution in [-0.2, 0) is 0 Å². The van der Waals surface area contributed by atoms with Crippen molar-refractivity contribution < 1.29 is 0 Å². The Morgan fingerprint density at radius 3 is 2.53 bits per heavy atom. The highest BCUT2D eigenvalue weighted by Crippen LogP contribution is 2.15. The molecule has 5 heteroatoms. The molecule has 2 aromatic rings. The fraction of sp³-hybridized carbons (Fsp3) is 0.100. The minimum atomic E-state index is -0.222. The summed E-state index contributed by atoms with van der Waals surface area (Å²) in [6.07, 6.45) is 6.82. The molecule has 0 fully saturated rings. The number of hydrazine groups is 1. The molecule has 0 saturated carbocycles. The maximum Gasteiger partial charge on any atom is 0.150 e. The second-order valence-corrected chi connectivity index (χ2v) is 2.99. The average Bonchev–Trinajstić information content (AvgIpc) is 2.33. The SMILES string of the molecule is NNC(c1cccnc1)c1ncccn1. The third kappa shape index (κ3) is 2.15. The van der Waals surface area contributed by atoms with Gasteiger partial charge in [0.15, 0.2) is 5.82 Å². The largest absolute Gasteiger partial charge is 0.270 e. The van der Waals surface area contributed by atoms with Crippen LogP contribution in [0.25, 0.3) is 0 Å². The van der Waals surface area contributed by atoms with Crippen LogP contribution in [0.1, 0.15) is 17.4 Å². The molecule has 2 rings (SSSR count). The zero-order valence-electron chi connectivity index (χ0n) is 8.04. The van der Waals surface area contributed by atoms with E-state index in [1.165, 1.54) is 0 Å². The van der Waals surface area contributed by atoms with Crippen LogP contribution < -0.4 is 11.3 Å². The Kier molecular flexibility index (Phi) is 2.96. The van der Waals surface area contributed by atoms with E-state index in [9.17, 15) is 0 Å². The lowest BCUT2D eigenvalue weighted by molar-refractivity contribution is 0.599. The highest BCUT2D eigenvalue weighted by atomic mass is 15.2. The first-order valence-electron chi connectivity index (χ1n) is 4.55. The predicted octanol–water partition coefficient (Wildman–Crippen LogP) is 0.424. The van der Waals surface area contributed by atoms with Crippen molar-refractivity contribution in [3.05, 3.63) is 54.4 Å². The highest BCUT2D eigenvalue weighted by Gasteiger charge is 2.14. The van der Waals surface area contributed by atoms with Crippen LogP contribution in [0.5, 0.6) is 0 Å². The van der Waals surface area contributed by atoms with E-state index >= 15 is 0 Å². The maximum absolute atomic E-state index is 5.48. The fourth-order valence-corrected chi connectivity index (χ4v) is 1.33. The molecule has 0 saturated heterocycles. The average molecular weight is 201 g/mol. The zero-order valence-corrected chi connectivity index (χ0v) is 8.04. The van der Waals surface area contributed by atoms with Crippen molar-refractivity contribution in [1.29, 1.82) is 0 Å². The number of hydrogen-bond acceptors (Lipinski definition) is 5.